The molecule has 106 valence electrons. The van der Waals surface area contributed by atoms with Gasteiger partial charge in [-0.25, -0.2) is 0 Å². The van der Waals surface area contributed by atoms with Crippen molar-refractivity contribution in [3.05, 3.63) is 23.8 Å². The molecule has 0 aromatic heterocycles. The molecule has 1 aliphatic rings. The fourth-order valence-electron chi connectivity index (χ4n) is 2.51. The van der Waals surface area contributed by atoms with Crippen molar-refractivity contribution in [3.8, 4) is 11.5 Å². The van der Waals surface area contributed by atoms with Crippen LogP contribution in [0.25, 0.3) is 0 Å². The Balaban J connectivity index is 2.14. The standard InChI is InChI=1S/C15H23NO3/c1-16-10-11-7-8-14(18-2)15(9-11)19-13-6-4-3-5-12(13)17/h7-9,12-13,16-17H,3-6,10H2,1-2H3. The number of rotatable bonds is 5. The van der Waals surface area contributed by atoms with Crippen LogP contribution in [0.4, 0.5) is 0 Å². The summed E-state index contributed by atoms with van der Waals surface area (Å²) in [5.41, 5.74) is 1.14. The topological polar surface area (TPSA) is 50.7 Å². The van der Waals surface area contributed by atoms with Crippen LogP contribution in [0.1, 0.15) is 31.2 Å². The van der Waals surface area contributed by atoms with Crippen LogP contribution < -0.4 is 14.8 Å². The molecule has 1 aromatic carbocycles. The summed E-state index contributed by atoms with van der Waals surface area (Å²) in [4.78, 5) is 0. The van der Waals surface area contributed by atoms with E-state index in [-0.39, 0.29) is 12.2 Å². The number of ether oxygens (including phenoxy) is 2. The zero-order chi connectivity index (χ0) is 13.7. The highest BCUT2D eigenvalue weighted by Gasteiger charge is 2.25. The van der Waals surface area contributed by atoms with Crippen LogP contribution in [0.5, 0.6) is 11.5 Å². The van der Waals surface area contributed by atoms with Gasteiger partial charge in [-0.1, -0.05) is 12.5 Å². The molecule has 0 radical (unpaired) electrons. The van der Waals surface area contributed by atoms with E-state index >= 15 is 0 Å². The molecule has 4 nitrogen and oxygen atoms in total. The highest BCUT2D eigenvalue weighted by Crippen LogP contribution is 2.32. The maximum Gasteiger partial charge on any atom is 0.162 e. The first-order valence-electron chi connectivity index (χ1n) is 6.91. The zero-order valence-corrected chi connectivity index (χ0v) is 11.7. The largest absolute Gasteiger partial charge is 0.493 e. The predicted molar refractivity (Wildman–Crippen MR) is 74.6 cm³/mol. The Kier molecular flexibility index (Phi) is 5.05. The molecule has 1 saturated carbocycles. The van der Waals surface area contributed by atoms with Crippen molar-refractivity contribution in [3.63, 3.8) is 0 Å². The van der Waals surface area contributed by atoms with Crippen molar-refractivity contribution < 1.29 is 14.6 Å². The molecule has 1 fully saturated rings. The number of benzene rings is 1. The van der Waals surface area contributed by atoms with Crippen LogP contribution in [0.3, 0.4) is 0 Å². The van der Waals surface area contributed by atoms with Crippen LogP contribution in [0.2, 0.25) is 0 Å². The Labute approximate surface area is 114 Å². The van der Waals surface area contributed by atoms with E-state index in [4.69, 9.17) is 9.47 Å². The van der Waals surface area contributed by atoms with Crippen LogP contribution in [0, 0.1) is 0 Å². The van der Waals surface area contributed by atoms with Gasteiger partial charge in [0.05, 0.1) is 13.2 Å². The van der Waals surface area contributed by atoms with Gasteiger partial charge in [-0.05, 0) is 44.0 Å². The third kappa shape index (κ3) is 3.61. The van der Waals surface area contributed by atoms with E-state index in [1.54, 1.807) is 7.11 Å². The highest BCUT2D eigenvalue weighted by molar-refractivity contribution is 5.43. The Bertz CT molecular complexity index is 408. The first kappa shape index (κ1) is 14.2. The fraction of sp³-hybridized carbons (Fsp3) is 0.600. The van der Waals surface area contributed by atoms with Gasteiger partial charge < -0.3 is 19.9 Å². The Morgan fingerprint density at radius 1 is 1.26 bits per heavy atom. The Hall–Kier alpha value is -1.26. The predicted octanol–water partition coefficient (Wildman–Crippen LogP) is 2.10. The molecule has 0 amide bonds. The first-order chi connectivity index (χ1) is 9.24. The van der Waals surface area contributed by atoms with Crippen molar-refractivity contribution in [1.82, 2.24) is 5.32 Å². The van der Waals surface area contributed by atoms with E-state index in [1.807, 2.05) is 25.2 Å². The van der Waals surface area contributed by atoms with Gasteiger partial charge in [0.2, 0.25) is 0 Å². The van der Waals surface area contributed by atoms with Crippen LogP contribution >= 0.6 is 0 Å². The molecule has 0 heterocycles. The molecule has 1 aliphatic carbocycles. The van der Waals surface area contributed by atoms with Gasteiger partial charge in [0, 0.05) is 6.54 Å². The van der Waals surface area contributed by atoms with Gasteiger partial charge in [-0.3, -0.25) is 0 Å². The van der Waals surface area contributed by atoms with Gasteiger partial charge in [0.25, 0.3) is 0 Å². The average molecular weight is 265 g/mol. The van der Waals surface area contributed by atoms with E-state index in [9.17, 15) is 5.11 Å². The summed E-state index contributed by atoms with van der Waals surface area (Å²) in [6.07, 6.45) is 3.43. The monoisotopic (exact) mass is 265 g/mol. The van der Waals surface area contributed by atoms with Gasteiger partial charge in [-0.15, -0.1) is 0 Å². The van der Waals surface area contributed by atoms with Crippen molar-refractivity contribution in [1.29, 1.82) is 0 Å². The van der Waals surface area contributed by atoms with E-state index in [1.165, 1.54) is 0 Å². The van der Waals surface area contributed by atoms with Gasteiger partial charge in [0.15, 0.2) is 11.5 Å². The van der Waals surface area contributed by atoms with Crippen molar-refractivity contribution in [2.75, 3.05) is 14.2 Å². The molecule has 2 N–H and O–H groups in total. The minimum atomic E-state index is -0.369. The Morgan fingerprint density at radius 3 is 2.74 bits per heavy atom. The van der Waals surface area contributed by atoms with Gasteiger partial charge >= 0.3 is 0 Å². The fourth-order valence-corrected chi connectivity index (χ4v) is 2.51. The first-order valence-corrected chi connectivity index (χ1v) is 6.91. The second kappa shape index (κ2) is 6.78. The average Bonchev–Trinajstić information content (AvgIpc) is 2.42. The minimum Gasteiger partial charge on any atom is -0.493 e. The lowest BCUT2D eigenvalue weighted by Gasteiger charge is -2.28. The van der Waals surface area contributed by atoms with Gasteiger partial charge in [-0.2, -0.15) is 0 Å². The highest BCUT2D eigenvalue weighted by atomic mass is 16.5. The summed E-state index contributed by atoms with van der Waals surface area (Å²) >= 11 is 0. The zero-order valence-electron chi connectivity index (χ0n) is 11.7. The van der Waals surface area contributed by atoms with Crippen LogP contribution in [0.15, 0.2) is 18.2 Å². The van der Waals surface area contributed by atoms with E-state index in [0.717, 1.165) is 49.3 Å². The lowest BCUT2D eigenvalue weighted by atomic mass is 9.95. The molecule has 4 heteroatoms. The summed E-state index contributed by atoms with van der Waals surface area (Å²) in [7, 11) is 3.55. The van der Waals surface area contributed by atoms with Gasteiger partial charge in [0.1, 0.15) is 6.10 Å². The Morgan fingerprint density at radius 2 is 2.05 bits per heavy atom. The number of hydrogen-bond acceptors (Lipinski definition) is 4. The normalized spacial score (nSPS) is 23.1. The molecular formula is C15H23NO3. The molecular weight excluding hydrogens is 242 g/mol. The lowest BCUT2D eigenvalue weighted by Crippen LogP contribution is -2.34. The molecule has 2 atom stereocenters. The summed E-state index contributed by atoms with van der Waals surface area (Å²) in [6, 6.07) is 5.91. The third-order valence-electron chi connectivity index (χ3n) is 3.55. The molecule has 0 saturated heterocycles. The molecule has 0 aliphatic heterocycles. The number of nitrogens with one attached hydrogen (secondary N) is 1. The second-order valence-electron chi connectivity index (χ2n) is 5.02. The molecule has 2 unspecified atom stereocenters. The summed E-state index contributed by atoms with van der Waals surface area (Å²) in [6.45, 7) is 0.785. The number of aliphatic hydroxyl groups excluding tert-OH is 1. The van der Waals surface area contributed by atoms with Crippen LogP contribution in [-0.4, -0.2) is 31.5 Å². The van der Waals surface area contributed by atoms with Crippen molar-refractivity contribution in [2.24, 2.45) is 0 Å². The lowest BCUT2D eigenvalue weighted by molar-refractivity contribution is 0.00564. The number of methoxy groups -OCH3 is 1. The van der Waals surface area contributed by atoms with Crippen LogP contribution in [-0.2, 0) is 6.54 Å². The molecule has 0 spiro atoms. The maximum atomic E-state index is 9.99. The molecule has 2 rings (SSSR count). The number of aliphatic hydroxyl groups is 1. The maximum absolute atomic E-state index is 9.99. The van der Waals surface area contributed by atoms with E-state index < -0.39 is 0 Å². The van der Waals surface area contributed by atoms with E-state index in [0.29, 0.717) is 0 Å². The quantitative estimate of drug-likeness (QED) is 0.856. The molecule has 0 bridgehead atoms. The smallest absolute Gasteiger partial charge is 0.162 e. The van der Waals surface area contributed by atoms with E-state index in [2.05, 4.69) is 5.32 Å². The third-order valence-corrected chi connectivity index (χ3v) is 3.55. The summed E-state index contributed by atoms with van der Waals surface area (Å²) < 4.78 is 11.3. The van der Waals surface area contributed by atoms with Crippen molar-refractivity contribution in [2.45, 2.75) is 44.4 Å². The second-order valence-corrected chi connectivity index (χ2v) is 5.02. The minimum absolute atomic E-state index is 0.118. The number of hydrogen-bond donors (Lipinski definition) is 2. The molecule has 19 heavy (non-hydrogen) atoms. The molecule has 1 aromatic rings. The summed E-state index contributed by atoms with van der Waals surface area (Å²) in [5.74, 6) is 1.44. The summed E-state index contributed by atoms with van der Waals surface area (Å²) in [5, 5.41) is 13.1. The SMILES string of the molecule is CNCc1ccc(OC)c(OC2CCCCC2O)c1. The van der Waals surface area contributed by atoms with Crippen molar-refractivity contribution >= 4 is 0 Å².